The van der Waals surface area contributed by atoms with Crippen LogP contribution < -0.4 is 21.1 Å². The number of nitrogens with two attached hydrogens (primary N) is 1. The zero-order valence-corrected chi connectivity index (χ0v) is 15.4. The molecule has 0 atom stereocenters. The van der Waals surface area contributed by atoms with Crippen molar-refractivity contribution in [2.75, 3.05) is 23.0 Å². The fourth-order valence-corrected chi connectivity index (χ4v) is 2.09. The Morgan fingerprint density at radius 2 is 1.66 bits per heavy atom. The average molecular weight is 467 g/mol. The van der Waals surface area contributed by atoms with Crippen LogP contribution in [0.15, 0.2) is 24.4 Å². The molecule has 0 spiro atoms. The second kappa shape index (κ2) is 8.94. The Kier molecular flexibility index (Phi) is 6.75. The van der Waals surface area contributed by atoms with Crippen LogP contribution in [0, 0.1) is 0 Å². The Bertz CT molecular complexity index is 1040. The molecule has 0 saturated heterocycles. The Morgan fingerprint density at radius 3 is 2.16 bits per heavy atom. The van der Waals surface area contributed by atoms with Gasteiger partial charge in [0.1, 0.15) is 17.1 Å². The lowest BCUT2D eigenvalue weighted by Crippen LogP contribution is -2.39. The summed E-state index contributed by atoms with van der Waals surface area (Å²) in [7, 11) is 0. The number of nitrogens with zero attached hydrogens (tertiary/aromatic N) is 1. The van der Waals surface area contributed by atoms with E-state index in [4.69, 9.17) is 10.5 Å². The molecule has 1 aliphatic heterocycles. The number of amides is 2. The van der Waals surface area contributed by atoms with E-state index in [0.717, 1.165) is 0 Å². The fraction of sp³-hybridized carbons (Fsp3) is 0.188. The first-order chi connectivity index (χ1) is 14.7. The number of halogens is 6. The molecule has 0 unspecified atom stereocenters. The number of H-pyrrole nitrogens is 1. The number of ketones is 2. The molecule has 5 N–H and O–H groups in total. The SMILES string of the molecule is Nc1[nH]ncc1C(=O)Nc1ccc2c(c1)NC(=O)CO2.O=C(C(=O)C(F)(F)F)C(F)(F)F. The monoisotopic (exact) mass is 467 g/mol. The highest BCUT2D eigenvalue weighted by atomic mass is 19.4. The van der Waals surface area contributed by atoms with Crippen LogP contribution in [0.4, 0.5) is 43.5 Å². The first-order valence-electron chi connectivity index (χ1n) is 8.09. The second-order valence-corrected chi connectivity index (χ2v) is 5.85. The summed E-state index contributed by atoms with van der Waals surface area (Å²) in [6, 6.07) is 4.95. The van der Waals surface area contributed by atoms with Crippen molar-refractivity contribution in [3.05, 3.63) is 30.0 Å². The van der Waals surface area contributed by atoms with Gasteiger partial charge in [0, 0.05) is 5.69 Å². The molecule has 0 bridgehead atoms. The highest BCUT2D eigenvalue weighted by Gasteiger charge is 2.54. The van der Waals surface area contributed by atoms with Crippen LogP contribution in [0.1, 0.15) is 10.4 Å². The van der Waals surface area contributed by atoms with Gasteiger partial charge in [-0.15, -0.1) is 0 Å². The lowest BCUT2D eigenvalue weighted by atomic mass is 10.2. The number of nitrogen functional groups attached to an aromatic ring is 1. The number of ether oxygens (including phenoxy) is 1. The maximum atomic E-state index is 12.0. The largest absolute Gasteiger partial charge is 0.482 e. The Labute approximate surface area is 173 Å². The van der Waals surface area contributed by atoms with Gasteiger partial charge in [0.15, 0.2) is 6.61 Å². The van der Waals surface area contributed by atoms with Gasteiger partial charge in [-0.05, 0) is 18.2 Å². The highest BCUT2D eigenvalue weighted by Crippen LogP contribution is 2.30. The Hall–Kier alpha value is -4.11. The number of carbonyl (C=O) groups is 4. The Balaban J connectivity index is 0.000000262. The summed E-state index contributed by atoms with van der Waals surface area (Å²) < 4.78 is 72.2. The summed E-state index contributed by atoms with van der Waals surface area (Å²) in [5, 5.41) is 11.5. The number of rotatable bonds is 3. The minimum atomic E-state index is -5.77. The van der Waals surface area contributed by atoms with E-state index < -0.39 is 23.9 Å². The molecule has 2 heterocycles. The van der Waals surface area contributed by atoms with Crippen molar-refractivity contribution in [1.82, 2.24) is 10.2 Å². The van der Waals surface area contributed by atoms with Crippen molar-refractivity contribution in [3.8, 4) is 5.75 Å². The average Bonchev–Trinajstić information content (AvgIpc) is 3.11. The molecular formula is C16H11F6N5O5. The molecule has 1 aromatic carbocycles. The lowest BCUT2D eigenvalue weighted by molar-refractivity contribution is -0.193. The van der Waals surface area contributed by atoms with Crippen molar-refractivity contribution < 1.29 is 50.3 Å². The number of benzene rings is 1. The molecule has 32 heavy (non-hydrogen) atoms. The molecule has 0 fully saturated rings. The van der Waals surface area contributed by atoms with E-state index in [2.05, 4.69) is 20.8 Å². The number of hydrogen-bond acceptors (Lipinski definition) is 7. The van der Waals surface area contributed by atoms with Gasteiger partial charge >= 0.3 is 23.9 Å². The molecule has 16 heteroatoms. The molecule has 172 valence electrons. The van der Waals surface area contributed by atoms with Crippen LogP contribution in [0.25, 0.3) is 0 Å². The molecule has 1 aromatic heterocycles. The third-order valence-corrected chi connectivity index (χ3v) is 3.50. The molecule has 0 saturated carbocycles. The third kappa shape index (κ3) is 5.96. The quantitative estimate of drug-likeness (QED) is 0.396. The van der Waals surface area contributed by atoms with Crippen LogP contribution in [-0.4, -0.2) is 52.5 Å². The summed E-state index contributed by atoms with van der Waals surface area (Å²) >= 11 is 0. The number of fused-ring (bicyclic) bond motifs is 1. The minimum Gasteiger partial charge on any atom is -0.482 e. The normalized spacial score (nSPS) is 13.0. The maximum absolute atomic E-state index is 12.0. The van der Waals surface area contributed by atoms with E-state index in [1.54, 1.807) is 18.2 Å². The number of hydrogen-bond donors (Lipinski definition) is 4. The predicted octanol–water partition coefficient (Wildman–Crippen LogP) is 1.82. The van der Waals surface area contributed by atoms with Crippen LogP contribution in [0.2, 0.25) is 0 Å². The molecular weight excluding hydrogens is 456 g/mol. The topological polar surface area (TPSA) is 156 Å². The zero-order valence-electron chi connectivity index (χ0n) is 15.4. The molecule has 2 amide bonds. The number of carbonyl (C=O) groups excluding carboxylic acids is 4. The summed E-state index contributed by atoms with van der Waals surface area (Å²) in [4.78, 5) is 42.4. The number of aromatic amines is 1. The van der Waals surface area contributed by atoms with Gasteiger partial charge in [-0.1, -0.05) is 0 Å². The van der Waals surface area contributed by atoms with Crippen LogP contribution in [0.5, 0.6) is 5.75 Å². The van der Waals surface area contributed by atoms with Crippen LogP contribution in [0.3, 0.4) is 0 Å². The number of alkyl halides is 6. The van der Waals surface area contributed by atoms with E-state index in [1.165, 1.54) is 6.20 Å². The maximum Gasteiger partial charge on any atom is 0.458 e. The highest BCUT2D eigenvalue weighted by molar-refractivity contribution is 6.41. The van der Waals surface area contributed by atoms with Gasteiger partial charge in [0.2, 0.25) is 0 Å². The Morgan fingerprint density at radius 1 is 1.06 bits per heavy atom. The van der Waals surface area contributed by atoms with Gasteiger partial charge in [-0.2, -0.15) is 31.4 Å². The van der Waals surface area contributed by atoms with Gasteiger partial charge in [0.25, 0.3) is 11.8 Å². The van der Waals surface area contributed by atoms with E-state index in [-0.39, 0.29) is 29.8 Å². The van der Waals surface area contributed by atoms with Crippen molar-refractivity contribution in [3.63, 3.8) is 0 Å². The van der Waals surface area contributed by atoms with Gasteiger partial charge in [-0.25, -0.2) is 0 Å². The minimum absolute atomic E-state index is 0.00966. The van der Waals surface area contributed by atoms with Crippen LogP contribution >= 0.6 is 0 Å². The van der Waals surface area contributed by atoms with Crippen molar-refractivity contribution in [2.24, 2.45) is 0 Å². The van der Waals surface area contributed by atoms with Crippen molar-refractivity contribution >= 4 is 40.6 Å². The molecule has 3 rings (SSSR count). The number of aromatic nitrogens is 2. The summed E-state index contributed by atoms with van der Waals surface area (Å²) in [5.41, 5.74) is 6.85. The van der Waals surface area contributed by atoms with E-state index in [0.29, 0.717) is 17.1 Å². The van der Waals surface area contributed by atoms with E-state index in [9.17, 15) is 45.5 Å². The molecule has 0 aliphatic carbocycles. The third-order valence-electron chi connectivity index (χ3n) is 3.50. The van der Waals surface area contributed by atoms with Crippen LogP contribution in [-0.2, 0) is 14.4 Å². The predicted molar refractivity (Wildman–Crippen MR) is 93.6 cm³/mol. The summed E-state index contributed by atoms with van der Waals surface area (Å²) in [6.45, 7) is -0.00966. The first kappa shape index (κ1) is 24.2. The van der Waals surface area contributed by atoms with Crippen molar-refractivity contribution in [1.29, 1.82) is 0 Å². The van der Waals surface area contributed by atoms with E-state index in [1.807, 2.05) is 0 Å². The molecule has 2 aromatic rings. The standard InChI is InChI=1S/C12H11N5O3.C4F6O2/c13-11-7(4-14-17-11)12(19)15-6-1-2-9-8(3-6)16-10(18)5-20-9;5-3(6,7)1(11)2(12)4(8,9)10/h1-4H,5H2,(H,15,19)(H,16,18)(H3,13,14,17);. The number of Topliss-reactive ketones (excluding diaryl/α,β-unsaturated/α-hetero) is 2. The summed E-state index contributed by atoms with van der Waals surface area (Å²) in [6.07, 6.45) is -10.2. The lowest BCUT2D eigenvalue weighted by Gasteiger charge is -2.18. The van der Waals surface area contributed by atoms with Gasteiger partial charge < -0.3 is 21.1 Å². The number of nitrogens with one attached hydrogen (secondary N) is 3. The fourth-order valence-electron chi connectivity index (χ4n) is 2.09. The van der Waals surface area contributed by atoms with E-state index >= 15 is 0 Å². The molecule has 0 radical (unpaired) electrons. The van der Waals surface area contributed by atoms with Gasteiger partial charge in [-0.3, -0.25) is 24.3 Å². The molecule has 1 aliphatic rings. The van der Waals surface area contributed by atoms with Crippen molar-refractivity contribution in [2.45, 2.75) is 12.4 Å². The smallest absolute Gasteiger partial charge is 0.458 e. The zero-order chi connectivity index (χ0) is 24.3. The molecule has 10 nitrogen and oxygen atoms in total. The van der Waals surface area contributed by atoms with Gasteiger partial charge in [0.05, 0.1) is 11.9 Å². The second-order valence-electron chi connectivity index (χ2n) is 5.85. The summed E-state index contributed by atoms with van der Waals surface area (Å²) in [5.74, 6) is -6.69. The first-order valence-corrected chi connectivity index (χ1v) is 8.09. The number of anilines is 3.